The molecule has 0 aliphatic carbocycles. The van der Waals surface area contributed by atoms with Crippen LogP contribution in [0.4, 0.5) is 0 Å². The van der Waals surface area contributed by atoms with Gasteiger partial charge < -0.3 is 0 Å². The van der Waals surface area contributed by atoms with Crippen LogP contribution >= 0.6 is 30.4 Å². The van der Waals surface area contributed by atoms with Crippen LogP contribution in [0.15, 0.2) is 0 Å². The summed E-state index contributed by atoms with van der Waals surface area (Å²) in [5.41, 5.74) is 0. The standard InChI is InChI=1S/3ClH.Co.4H2N/h3*1H;;4*1H2/q;;;+7;4*-1/p-3. The van der Waals surface area contributed by atoms with Crippen molar-refractivity contribution < 1.29 is 7.65 Å². The molecule has 0 unspecified atom stereocenters. The van der Waals surface area contributed by atoms with Crippen LogP contribution in [0.3, 0.4) is 0 Å². The van der Waals surface area contributed by atoms with E-state index in [-0.39, 0.29) is 0 Å². The number of halogens is 3. The Balaban J connectivity index is 5.14. The van der Waals surface area contributed by atoms with E-state index in [2.05, 4.69) is 0 Å². The van der Waals surface area contributed by atoms with Gasteiger partial charge in [0.15, 0.2) is 0 Å². The molecule has 8 N–H and O–H groups in total. The van der Waals surface area contributed by atoms with Gasteiger partial charge in [0, 0.05) is 0 Å². The SMILES string of the molecule is [NH2][Co]([NH2])([NH2])([NH2])([Cl])([Cl])[Cl]. The fraction of sp³-hybridized carbons (Fsp3) is 0. The molecular formula is H8Cl3CoN4. The van der Waals surface area contributed by atoms with E-state index < -0.39 is 7.65 Å². The predicted molar refractivity (Wildman–Crippen MR) is 34.3 cm³/mol. The Morgan fingerprint density at radius 2 is 0.750 bits per heavy atom. The summed E-state index contributed by atoms with van der Waals surface area (Å²) in [7, 11) is 9.41. The summed E-state index contributed by atoms with van der Waals surface area (Å²) >= 11 is 0. The van der Waals surface area contributed by atoms with Crippen molar-refractivity contribution in [2.24, 2.45) is 19.1 Å². The Bertz CT molecular complexity index is 103. The topological polar surface area (TPSA) is 104 Å². The minimum atomic E-state index is -5.81. The van der Waals surface area contributed by atoms with Gasteiger partial charge in [-0.25, -0.2) is 0 Å². The summed E-state index contributed by atoms with van der Waals surface area (Å²) in [5, 5.41) is 0. The van der Waals surface area contributed by atoms with Gasteiger partial charge in [0.05, 0.1) is 0 Å². The fourth-order valence-corrected chi connectivity index (χ4v) is 0. The second-order valence-electron chi connectivity index (χ2n) is 1.68. The van der Waals surface area contributed by atoms with Crippen molar-refractivity contribution >= 4 is 30.4 Å². The Kier molecular flexibility index (Phi) is 0.999. The molecule has 0 fully saturated rings. The zero-order chi connectivity index (χ0) is 7.38. The molecule has 0 rings (SSSR count). The van der Waals surface area contributed by atoms with Crippen LogP contribution in [0, 0.1) is 0 Å². The Hall–Kier alpha value is 1.22. The van der Waals surface area contributed by atoms with Gasteiger partial charge in [-0.1, -0.05) is 0 Å². The van der Waals surface area contributed by atoms with Gasteiger partial charge in [-0.2, -0.15) is 0 Å². The number of hydrogen-bond donors (Lipinski definition) is 4. The number of rotatable bonds is 0. The first-order chi connectivity index (χ1) is 2.65. The maximum atomic E-state index is 5.07. The summed E-state index contributed by atoms with van der Waals surface area (Å²) in [6, 6.07) is 0. The van der Waals surface area contributed by atoms with Crippen LogP contribution in [0.5, 0.6) is 0 Å². The molecule has 8 heteroatoms. The average Bonchev–Trinajstić information content (AvgIpc) is 0.544. The van der Waals surface area contributed by atoms with Crippen molar-refractivity contribution in [2.45, 2.75) is 0 Å². The van der Waals surface area contributed by atoms with Crippen LogP contribution in [-0.4, -0.2) is 0 Å². The summed E-state index contributed by atoms with van der Waals surface area (Å²) in [5.74, 6) is 0. The maximum absolute atomic E-state index is 5.81. The molecule has 0 atom stereocenters. The molecule has 0 radical (unpaired) electrons. The molecule has 0 aliphatic rings. The number of hydrogen-bond acceptors (Lipinski definition) is 4. The normalized spacial score (nSPS) is 27.1. The Morgan fingerprint density at radius 3 is 0.750 bits per heavy atom. The van der Waals surface area contributed by atoms with Gasteiger partial charge in [0.1, 0.15) is 0 Å². The average molecular weight is 229 g/mol. The quantitative estimate of drug-likeness (QED) is 0.458. The van der Waals surface area contributed by atoms with Crippen molar-refractivity contribution in [3.63, 3.8) is 0 Å². The molecule has 4 nitrogen and oxygen atoms in total. The van der Waals surface area contributed by atoms with Gasteiger partial charge in [-0.15, -0.1) is 0 Å². The van der Waals surface area contributed by atoms with E-state index >= 15 is 0 Å². The summed E-state index contributed by atoms with van der Waals surface area (Å²) in [6.07, 6.45) is 0. The molecule has 0 aliphatic heterocycles. The Labute approximate surface area is 57.3 Å². The second kappa shape index (κ2) is 0.867. The van der Waals surface area contributed by atoms with Gasteiger partial charge in [-0.05, 0) is 0 Å². The molecule has 0 bridgehead atoms. The van der Waals surface area contributed by atoms with E-state index in [9.17, 15) is 0 Å². The van der Waals surface area contributed by atoms with Crippen molar-refractivity contribution in [2.75, 3.05) is 0 Å². The molecule has 0 saturated heterocycles. The van der Waals surface area contributed by atoms with E-state index in [1.165, 1.54) is 0 Å². The predicted octanol–water partition coefficient (Wildman–Crippen LogP) is -0.296. The van der Waals surface area contributed by atoms with Crippen molar-refractivity contribution in [3.05, 3.63) is 0 Å². The van der Waals surface area contributed by atoms with E-state index in [1.807, 2.05) is 0 Å². The van der Waals surface area contributed by atoms with Crippen LogP contribution in [-0.2, 0) is 7.65 Å². The zero-order valence-corrected chi connectivity index (χ0v) is 7.09. The number of nitrogens with two attached hydrogens (primary N) is 4. The molecule has 0 amide bonds. The second-order valence-corrected chi connectivity index (χ2v) is 18.8. The zero-order valence-electron chi connectivity index (χ0n) is 3.78. The van der Waals surface area contributed by atoms with Crippen LogP contribution in [0.25, 0.3) is 0 Å². The summed E-state index contributed by atoms with van der Waals surface area (Å²) in [6.45, 7) is 0. The van der Waals surface area contributed by atoms with Gasteiger partial charge in [0.25, 0.3) is 0 Å². The molecule has 0 spiro atoms. The van der Waals surface area contributed by atoms with Gasteiger partial charge in [0.2, 0.25) is 0 Å². The molecular weight excluding hydrogens is 221 g/mol. The van der Waals surface area contributed by atoms with Crippen LogP contribution in [0.1, 0.15) is 0 Å². The molecule has 8 heavy (non-hydrogen) atoms. The molecule has 0 aromatic heterocycles. The molecule has 0 aromatic rings. The van der Waals surface area contributed by atoms with E-state index in [1.54, 1.807) is 0 Å². The first-order valence-electron chi connectivity index (χ1n) is 1.15. The van der Waals surface area contributed by atoms with Crippen LogP contribution in [0.2, 0.25) is 0 Å². The minimum absolute atomic E-state index is 4.85. The van der Waals surface area contributed by atoms with E-state index in [0.717, 1.165) is 0 Å². The monoisotopic (exact) mass is 228 g/mol. The molecule has 58 valence electrons. The third-order valence-electron chi connectivity index (χ3n) is 0. The third kappa shape index (κ3) is 188. The van der Waals surface area contributed by atoms with Crippen molar-refractivity contribution in [1.82, 2.24) is 0 Å². The molecule has 0 aromatic carbocycles. The molecule has 0 saturated carbocycles. The third-order valence-corrected chi connectivity index (χ3v) is 0. The van der Waals surface area contributed by atoms with Crippen molar-refractivity contribution in [1.29, 1.82) is 0 Å². The fourth-order valence-electron chi connectivity index (χ4n) is 0. The summed E-state index contributed by atoms with van der Waals surface area (Å²) in [4.78, 5) is 19.4. The summed E-state index contributed by atoms with van der Waals surface area (Å²) < 4.78 is 0. The van der Waals surface area contributed by atoms with Gasteiger partial charge in [-0.3, -0.25) is 0 Å². The van der Waals surface area contributed by atoms with E-state index in [0.29, 0.717) is 0 Å². The van der Waals surface area contributed by atoms with Gasteiger partial charge >= 0.3 is 57.2 Å². The molecule has 0 heterocycles. The Morgan fingerprint density at radius 1 is 0.750 bits per heavy atom. The van der Waals surface area contributed by atoms with Crippen LogP contribution < -0.4 is 19.1 Å². The van der Waals surface area contributed by atoms with Crippen molar-refractivity contribution in [3.8, 4) is 0 Å². The first-order valence-corrected chi connectivity index (χ1v) is 7.85. The van der Waals surface area contributed by atoms with E-state index in [4.69, 9.17) is 49.6 Å². The first kappa shape index (κ1) is 9.22.